The molecule has 32 heavy (non-hydrogen) atoms. The normalized spacial score (nSPS) is 11.8. The number of aromatic nitrogens is 1. The number of sulfonamides is 1. The van der Waals surface area contributed by atoms with E-state index in [1.807, 2.05) is 25.1 Å². The molecular formula is C21H23N5O5S. The fourth-order valence-electron chi connectivity index (χ4n) is 3.02. The van der Waals surface area contributed by atoms with Gasteiger partial charge in [0.05, 0.1) is 28.6 Å². The lowest BCUT2D eigenvalue weighted by Crippen LogP contribution is -2.35. The van der Waals surface area contributed by atoms with E-state index in [1.165, 1.54) is 35.9 Å². The van der Waals surface area contributed by atoms with Crippen LogP contribution in [0.4, 0.5) is 5.69 Å². The standard InChI is InChI=1S/C21H23N5O5S/c1-24(2)10-11-26-18-12-16(6-9-19(18)31-21(26)28)23-20(27)14-25(3)32(29,30)17-7-4-15(13-22)5-8-17/h4-9,12H,10-11,14H2,1-3H3,(H,23,27). The molecule has 10 nitrogen and oxygen atoms in total. The van der Waals surface area contributed by atoms with Crippen molar-refractivity contribution in [3.8, 4) is 6.07 Å². The molecule has 0 bridgehead atoms. The van der Waals surface area contributed by atoms with E-state index in [2.05, 4.69) is 5.32 Å². The Labute approximate surface area is 185 Å². The first kappa shape index (κ1) is 23.2. The number of likely N-dealkylation sites (N-methyl/N-ethyl adjacent to an activating group) is 2. The average molecular weight is 458 g/mol. The van der Waals surface area contributed by atoms with Gasteiger partial charge in [-0.15, -0.1) is 0 Å². The van der Waals surface area contributed by atoms with E-state index < -0.39 is 28.2 Å². The van der Waals surface area contributed by atoms with Crippen LogP contribution < -0.4 is 11.1 Å². The van der Waals surface area contributed by atoms with Crippen molar-refractivity contribution in [1.29, 1.82) is 5.26 Å². The molecule has 1 aromatic heterocycles. The number of benzene rings is 2. The SMILES string of the molecule is CN(C)CCn1c(=O)oc2ccc(NC(=O)CN(C)S(=O)(=O)c3ccc(C#N)cc3)cc21. The van der Waals surface area contributed by atoms with Gasteiger partial charge in [0.2, 0.25) is 15.9 Å². The highest BCUT2D eigenvalue weighted by molar-refractivity contribution is 7.89. The molecule has 0 saturated carbocycles. The topological polar surface area (TPSA) is 129 Å². The predicted octanol–water partition coefficient (Wildman–Crippen LogP) is 1.29. The molecule has 168 valence electrons. The van der Waals surface area contributed by atoms with Gasteiger partial charge in [-0.1, -0.05) is 0 Å². The van der Waals surface area contributed by atoms with Crippen molar-refractivity contribution in [3.63, 3.8) is 0 Å². The first-order chi connectivity index (χ1) is 15.1. The van der Waals surface area contributed by atoms with Gasteiger partial charge in [0.25, 0.3) is 0 Å². The van der Waals surface area contributed by atoms with Crippen molar-refractivity contribution in [1.82, 2.24) is 13.8 Å². The van der Waals surface area contributed by atoms with Crippen LogP contribution in [0.3, 0.4) is 0 Å². The quantitative estimate of drug-likeness (QED) is 0.540. The average Bonchev–Trinajstić information content (AvgIpc) is 3.06. The number of anilines is 1. The summed E-state index contributed by atoms with van der Waals surface area (Å²) in [5.41, 5.74) is 1.68. The van der Waals surface area contributed by atoms with Crippen molar-refractivity contribution < 1.29 is 17.6 Å². The van der Waals surface area contributed by atoms with Gasteiger partial charge < -0.3 is 14.6 Å². The van der Waals surface area contributed by atoms with E-state index >= 15 is 0 Å². The molecule has 1 N–H and O–H groups in total. The van der Waals surface area contributed by atoms with Crippen molar-refractivity contribution in [2.24, 2.45) is 0 Å². The number of hydrogen-bond acceptors (Lipinski definition) is 7. The largest absolute Gasteiger partial charge is 0.419 e. The van der Waals surface area contributed by atoms with Gasteiger partial charge in [-0.3, -0.25) is 9.36 Å². The Morgan fingerprint density at radius 1 is 1.16 bits per heavy atom. The van der Waals surface area contributed by atoms with E-state index in [-0.39, 0.29) is 4.90 Å². The molecule has 0 spiro atoms. The minimum atomic E-state index is -3.91. The highest BCUT2D eigenvalue weighted by Gasteiger charge is 2.23. The van der Waals surface area contributed by atoms with Crippen LogP contribution in [-0.4, -0.2) is 62.3 Å². The summed E-state index contributed by atoms with van der Waals surface area (Å²) in [6, 6.07) is 12.1. The zero-order chi connectivity index (χ0) is 23.5. The molecule has 0 unspecified atom stereocenters. The molecule has 3 aromatic rings. The zero-order valence-corrected chi connectivity index (χ0v) is 18.7. The molecule has 11 heteroatoms. The predicted molar refractivity (Wildman–Crippen MR) is 119 cm³/mol. The number of oxazole rings is 1. The molecule has 0 aliphatic carbocycles. The number of fused-ring (bicyclic) bond motifs is 1. The van der Waals surface area contributed by atoms with Crippen molar-refractivity contribution in [3.05, 3.63) is 58.6 Å². The molecule has 0 aliphatic rings. The third-order valence-electron chi connectivity index (χ3n) is 4.78. The van der Waals surface area contributed by atoms with Crippen molar-refractivity contribution in [2.75, 3.05) is 39.5 Å². The van der Waals surface area contributed by atoms with Gasteiger partial charge in [-0.25, -0.2) is 13.2 Å². The van der Waals surface area contributed by atoms with Gasteiger partial charge >= 0.3 is 5.76 Å². The Morgan fingerprint density at radius 2 is 1.84 bits per heavy atom. The molecule has 0 fully saturated rings. The summed E-state index contributed by atoms with van der Waals surface area (Å²) in [6.45, 7) is 0.629. The van der Waals surface area contributed by atoms with Gasteiger partial charge in [-0.2, -0.15) is 9.57 Å². The summed E-state index contributed by atoms with van der Waals surface area (Å²) in [5.74, 6) is -1.03. The molecule has 0 aliphatic heterocycles. The van der Waals surface area contributed by atoms with Crippen LogP contribution in [0, 0.1) is 11.3 Å². The highest BCUT2D eigenvalue weighted by atomic mass is 32.2. The summed E-state index contributed by atoms with van der Waals surface area (Å²) in [6.07, 6.45) is 0. The van der Waals surface area contributed by atoms with Crippen LogP contribution >= 0.6 is 0 Å². The fourth-order valence-corrected chi connectivity index (χ4v) is 4.15. The number of rotatable bonds is 8. The molecule has 0 atom stereocenters. The fraction of sp³-hybridized carbons (Fsp3) is 0.286. The second-order valence-corrected chi connectivity index (χ2v) is 9.50. The summed E-state index contributed by atoms with van der Waals surface area (Å²) in [7, 11) is 1.17. The number of nitrogens with zero attached hydrogens (tertiary/aromatic N) is 4. The van der Waals surface area contributed by atoms with Crippen LogP contribution in [0.2, 0.25) is 0 Å². The second kappa shape index (κ2) is 9.35. The van der Waals surface area contributed by atoms with Crippen molar-refractivity contribution >= 4 is 32.7 Å². The monoisotopic (exact) mass is 457 g/mol. The molecule has 0 saturated heterocycles. The third kappa shape index (κ3) is 5.05. The van der Waals surface area contributed by atoms with E-state index in [4.69, 9.17) is 9.68 Å². The maximum absolute atomic E-state index is 12.7. The Kier molecular flexibility index (Phi) is 6.78. The maximum atomic E-state index is 12.7. The van der Waals surface area contributed by atoms with E-state index in [0.717, 1.165) is 4.31 Å². The van der Waals surface area contributed by atoms with Crippen LogP contribution in [-0.2, 0) is 21.4 Å². The second-order valence-electron chi connectivity index (χ2n) is 7.45. The molecular weight excluding hydrogens is 434 g/mol. The van der Waals surface area contributed by atoms with Gasteiger partial charge in [0.15, 0.2) is 5.58 Å². The van der Waals surface area contributed by atoms with E-state index in [0.29, 0.717) is 35.4 Å². The van der Waals surface area contributed by atoms with Gasteiger partial charge in [0, 0.05) is 25.8 Å². The molecule has 1 amide bonds. The highest BCUT2D eigenvalue weighted by Crippen LogP contribution is 2.19. The van der Waals surface area contributed by atoms with Crippen LogP contribution in [0.15, 0.2) is 56.6 Å². The zero-order valence-electron chi connectivity index (χ0n) is 17.9. The smallest absolute Gasteiger partial charge is 0.408 e. The van der Waals surface area contributed by atoms with Gasteiger partial charge in [0.1, 0.15) is 0 Å². The number of nitrogens with one attached hydrogen (secondary N) is 1. The van der Waals surface area contributed by atoms with Gasteiger partial charge in [-0.05, 0) is 56.6 Å². The van der Waals surface area contributed by atoms with E-state index in [1.54, 1.807) is 18.2 Å². The van der Waals surface area contributed by atoms with Crippen molar-refractivity contribution in [2.45, 2.75) is 11.4 Å². The first-order valence-corrected chi connectivity index (χ1v) is 11.1. The Bertz CT molecular complexity index is 1330. The van der Waals surface area contributed by atoms with Crippen LogP contribution in [0.5, 0.6) is 0 Å². The Morgan fingerprint density at radius 3 is 2.47 bits per heavy atom. The number of nitriles is 1. The molecule has 3 rings (SSSR count). The summed E-state index contributed by atoms with van der Waals surface area (Å²) >= 11 is 0. The van der Waals surface area contributed by atoms with Crippen LogP contribution in [0.1, 0.15) is 5.56 Å². The summed E-state index contributed by atoms with van der Waals surface area (Å²) < 4.78 is 33.0. The number of hydrogen-bond donors (Lipinski definition) is 1. The summed E-state index contributed by atoms with van der Waals surface area (Å²) in [4.78, 5) is 26.5. The molecule has 1 heterocycles. The minimum absolute atomic E-state index is 0.0171. The molecule has 0 radical (unpaired) electrons. The molecule has 2 aromatic carbocycles. The third-order valence-corrected chi connectivity index (χ3v) is 6.60. The van der Waals surface area contributed by atoms with Crippen LogP contribution in [0.25, 0.3) is 11.1 Å². The van der Waals surface area contributed by atoms with E-state index in [9.17, 15) is 18.0 Å². The maximum Gasteiger partial charge on any atom is 0.419 e. The summed E-state index contributed by atoms with van der Waals surface area (Å²) in [5, 5.41) is 11.5. The lowest BCUT2D eigenvalue weighted by atomic mass is 10.2. The minimum Gasteiger partial charge on any atom is -0.408 e. The Hall–Kier alpha value is -3.46. The number of amides is 1. The lowest BCUT2D eigenvalue weighted by Gasteiger charge is -2.17. The lowest BCUT2D eigenvalue weighted by molar-refractivity contribution is -0.116. The number of carbonyl (C=O) groups is 1. The first-order valence-electron chi connectivity index (χ1n) is 9.66. The Balaban J connectivity index is 1.74. The number of carbonyl (C=O) groups excluding carboxylic acids is 1.